The Morgan fingerprint density at radius 2 is 1.97 bits per heavy atom. The van der Waals surface area contributed by atoms with Crippen molar-refractivity contribution in [3.05, 3.63) is 51.7 Å². The van der Waals surface area contributed by atoms with Gasteiger partial charge in [0.05, 0.1) is 13.2 Å². The van der Waals surface area contributed by atoms with Crippen LogP contribution in [0.15, 0.2) is 35.4 Å². The second kappa shape index (κ2) is 10.4. The Hall–Kier alpha value is -2.68. The average Bonchev–Trinajstić information content (AvgIpc) is 3.60. The topological polar surface area (TPSA) is 94.2 Å². The second-order valence-corrected chi connectivity index (χ2v) is 7.73. The van der Waals surface area contributed by atoms with Gasteiger partial charge in [0.15, 0.2) is 0 Å². The summed E-state index contributed by atoms with van der Waals surface area (Å²) in [6, 6.07) is 7.81. The first-order chi connectivity index (χ1) is 14.6. The van der Waals surface area contributed by atoms with Gasteiger partial charge in [0.2, 0.25) is 5.95 Å². The zero-order chi connectivity index (χ0) is 21.5. The van der Waals surface area contributed by atoms with E-state index in [4.69, 9.17) is 11.6 Å². The van der Waals surface area contributed by atoms with Crippen LogP contribution in [0.3, 0.4) is 0 Å². The Bertz CT molecular complexity index is 889. The SMILES string of the molecule is CF.O=C(NCc1ccc(Cl)cc1)N(C1CC1)C1CCCN(c2ncnc(=O)[nH]2)C1. The van der Waals surface area contributed by atoms with Crippen molar-refractivity contribution in [2.75, 3.05) is 25.2 Å². The number of alkyl halides is 1. The lowest BCUT2D eigenvalue weighted by atomic mass is 10.0. The third-order valence-electron chi connectivity index (χ3n) is 5.19. The Kier molecular flexibility index (Phi) is 7.62. The highest BCUT2D eigenvalue weighted by Crippen LogP contribution is 2.32. The minimum atomic E-state index is -0.410. The second-order valence-electron chi connectivity index (χ2n) is 7.29. The molecule has 4 rings (SSSR count). The van der Waals surface area contributed by atoms with Gasteiger partial charge in [-0.15, -0.1) is 0 Å². The van der Waals surface area contributed by atoms with Gasteiger partial charge in [0.1, 0.15) is 6.33 Å². The summed E-state index contributed by atoms with van der Waals surface area (Å²) >= 11 is 5.92. The largest absolute Gasteiger partial charge is 0.349 e. The van der Waals surface area contributed by atoms with Crippen molar-refractivity contribution in [3.8, 4) is 0 Å². The van der Waals surface area contributed by atoms with Crippen molar-refractivity contribution in [2.24, 2.45) is 0 Å². The van der Waals surface area contributed by atoms with Crippen LogP contribution in [0.2, 0.25) is 5.02 Å². The van der Waals surface area contributed by atoms with E-state index in [0.717, 1.165) is 37.8 Å². The van der Waals surface area contributed by atoms with Crippen LogP contribution in [-0.2, 0) is 6.54 Å². The molecule has 2 aromatic rings. The van der Waals surface area contributed by atoms with Crippen LogP contribution >= 0.6 is 11.6 Å². The Morgan fingerprint density at radius 3 is 2.63 bits per heavy atom. The number of carbonyl (C=O) groups excluding carboxylic acids is 1. The quantitative estimate of drug-likeness (QED) is 0.751. The fourth-order valence-electron chi connectivity index (χ4n) is 3.68. The average molecular weight is 437 g/mol. The molecule has 0 radical (unpaired) electrons. The Labute approximate surface area is 179 Å². The minimum absolute atomic E-state index is 0.0412. The maximum absolute atomic E-state index is 12.9. The van der Waals surface area contributed by atoms with Gasteiger partial charge in [-0.2, -0.15) is 4.98 Å². The highest BCUT2D eigenvalue weighted by Gasteiger charge is 2.39. The van der Waals surface area contributed by atoms with Crippen molar-refractivity contribution in [3.63, 3.8) is 0 Å². The number of urea groups is 1. The number of amides is 2. The van der Waals surface area contributed by atoms with Crippen LogP contribution in [-0.4, -0.2) is 58.2 Å². The van der Waals surface area contributed by atoms with Gasteiger partial charge >= 0.3 is 11.7 Å². The highest BCUT2D eigenvalue weighted by atomic mass is 35.5. The molecule has 30 heavy (non-hydrogen) atoms. The summed E-state index contributed by atoms with van der Waals surface area (Å²) in [5.41, 5.74) is 0.601. The molecule has 1 aromatic carbocycles. The van der Waals surface area contributed by atoms with E-state index in [2.05, 4.69) is 20.3 Å². The smallest absolute Gasteiger partial charge is 0.340 e. The molecule has 0 spiro atoms. The number of aromatic amines is 1. The number of rotatable bonds is 5. The molecule has 1 aliphatic heterocycles. The van der Waals surface area contributed by atoms with E-state index in [-0.39, 0.29) is 12.1 Å². The van der Waals surface area contributed by atoms with Gasteiger partial charge in [-0.05, 0) is 43.4 Å². The third-order valence-corrected chi connectivity index (χ3v) is 5.45. The van der Waals surface area contributed by atoms with Crippen molar-refractivity contribution in [1.29, 1.82) is 0 Å². The van der Waals surface area contributed by atoms with E-state index in [1.165, 1.54) is 6.33 Å². The monoisotopic (exact) mass is 436 g/mol. The van der Waals surface area contributed by atoms with E-state index in [1.807, 2.05) is 34.1 Å². The standard InChI is InChI=1S/C19H23ClN6O2.CH3F/c20-14-5-3-13(4-6-14)10-21-19(28)26(15-7-8-15)16-2-1-9-25(11-16)17-22-12-23-18(27)24-17;1-2/h3-6,12,15-16H,1-2,7-11H2,(H,21,28)(H,22,23,24,27);1H3. The van der Waals surface area contributed by atoms with Crippen LogP contribution in [0.4, 0.5) is 15.1 Å². The van der Waals surface area contributed by atoms with E-state index in [9.17, 15) is 14.0 Å². The molecule has 2 N–H and O–H groups in total. The number of hydrogen-bond donors (Lipinski definition) is 2. The van der Waals surface area contributed by atoms with Gasteiger partial charge in [0.25, 0.3) is 0 Å². The molecule has 1 saturated carbocycles. The molecular formula is C20H26ClFN6O2. The van der Waals surface area contributed by atoms with Crippen LogP contribution in [0.1, 0.15) is 31.2 Å². The number of nitrogens with one attached hydrogen (secondary N) is 2. The van der Waals surface area contributed by atoms with Crippen LogP contribution in [0.5, 0.6) is 0 Å². The fourth-order valence-corrected chi connectivity index (χ4v) is 3.81. The molecule has 1 saturated heterocycles. The number of benzene rings is 1. The number of carbonyl (C=O) groups is 1. The predicted molar refractivity (Wildman–Crippen MR) is 113 cm³/mol. The van der Waals surface area contributed by atoms with Gasteiger partial charge in [-0.3, -0.25) is 9.37 Å². The fraction of sp³-hybridized carbons (Fsp3) is 0.500. The molecule has 2 fully saturated rings. The highest BCUT2D eigenvalue weighted by molar-refractivity contribution is 6.30. The van der Waals surface area contributed by atoms with E-state index < -0.39 is 5.69 Å². The summed E-state index contributed by atoms with van der Waals surface area (Å²) in [4.78, 5) is 38.9. The Morgan fingerprint density at radius 1 is 1.23 bits per heavy atom. The van der Waals surface area contributed by atoms with Gasteiger partial charge < -0.3 is 15.1 Å². The molecule has 2 amide bonds. The summed E-state index contributed by atoms with van der Waals surface area (Å²) in [6.45, 7) is 1.92. The third kappa shape index (κ3) is 5.69. The number of H-pyrrole nitrogens is 1. The molecule has 10 heteroatoms. The number of piperidine rings is 1. The van der Waals surface area contributed by atoms with Crippen LogP contribution in [0, 0.1) is 0 Å². The number of aromatic nitrogens is 3. The molecule has 1 unspecified atom stereocenters. The number of hydrogen-bond acceptors (Lipinski definition) is 5. The van der Waals surface area contributed by atoms with Gasteiger partial charge in [-0.25, -0.2) is 14.6 Å². The molecule has 0 bridgehead atoms. The predicted octanol–water partition coefficient (Wildman–Crippen LogP) is 2.75. The molecule has 2 heterocycles. The summed E-state index contributed by atoms with van der Waals surface area (Å²) in [5.74, 6) is 0.516. The van der Waals surface area contributed by atoms with Crippen LogP contribution in [0.25, 0.3) is 0 Å². The first kappa shape index (κ1) is 22.0. The summed E-state index contributed by atoms with van der Waals surface area (Å²) in [5, 5.41) is 3.72. The van der Waals surface area contributed by atoms with Crippen molar-refractivity contribution >= 4 is 23.6 Å². The lowest BCUT2D eigenvalue weighted by molar-refractivity contribution is 0.160. The molecular weight excluding hydrogens is 411 g/mol. The maximum atomic E-state index is 12.9. The molecule has 8 nitrogen and oxygen atoms in total. The van der Waals surface area contributed by atoms with Gasteiger partial charge in [-0.1, -0.05) is 23.7 Å². The van der Waals surface area contributed by atoms with E-state index >= 15 is 0 Å². The zero-order valence-electron chi connectivity index (χ0n) is 16.9. The number of nitrogens with zero attached hydrogens (tertiary/aromatic N) is 4. The normalized spacial score (nSPS) is 18.2. The lowest BCUT2D eigenvalue weighted by Crippen LogP contribution is -2.54. The Balaban J connectivity index is 0.00000124. The first-order valence-corrected chi connectivity index (χ1v) is 10.3. The number of halogens is 2. The molecule has 162 valence electrons. The van der Waals surface area contributed by atoms with E-state index in [1.54, 1.807) is 0 Å². The summed E-state index contributed by atoms with van der Waals surface area (Å²) < 4.78 is 9.50. The molecule has 1 aliphatic carbocycles. The molecule has 1 aromatic heterocycles. The summed E-state index contributed by atoms with van der Waals surface area (Å²) in [7, 11) is 0.500. The lowest BCUT2D eigenvalue weighted by Gasteiger charge is -2.39. The first-order valence-electron chi connectivity index (χ1n) is 9.95. The van der Waals surface area contributed by atoms with Crippen LogP contribution < -0.4 is 15.9 Å². The van der Waals surface area contributed by atoms with Crippen molar-refractivity contribution < 1.29 is 9.18 Å². The molecule has 2 aliphatic rings. The van der Waals surface area contributed by atoms with Crippen molar-refractivity contribution in [1.82, 2.24) is 25.2 Å². The molecule has 1 atom stereocenters. The number of anilines is 1. The minimum Gasteiger partial charge on any atom is -0.340 e. The maximum Gasteiger partial charge on any atom is 0.349 e. The zero-order valence-corrected chi connectivity index (χ0v) is 17.6. The summed E-state index contributed by atoms with van der Waals surface area (Å²) in [6.07, 6.45) is 5.22. The van der Waals surface area contributed by atoms with E-state index in [0.29, 0.717) is 37.3 Å². The van der Waals surface area contributed by atoms with Crippen molar-refractivity contribution in [2.45, 2.75) is 44.3 Å². The van der Waals surface area contributed by atoms with Gasteiger partial charge in [0, 0.05) is 30.7 Å².